The van der Waals surface area contributed by atoms with Crippen LogP contribution in [0.3, 0.4) is 0 Å². The standard InChI is InChI=1S/C36H42FN7O3/c1-25-7-3-8-26-9-4-11-29(32(25)26)42-21-30-33(36(22-42)23-47-24-36)34(39-35(46)44(30)20-27-10-6-16-40(27)2)41-17-18-43(28(19-41)13-15-38)31(45)12-5-14-37/h3-5,7-9,11-12,27-28H,6,10,13-14,16-24H2,1-2H3/b12-5+/t27-,28-/m0/s1. The monoisotopic (exact) mass is 639 g/mol. The number of amides is 1. The fraction of sp³-hybridized carbons (Fsp3) is 0.500. The molecule has 0 radical (unpaired) electrons. The smallest absolute Gasteiger partial charge is 0.349 e. The highest BCUT2D eigenvalue weighted by atomic mass is 19.1. The lowest BCUT2D eigenvalue weighted by Gasteiger charge is -2.52. The van der Waals surface area contributed by atoms with Crippen molar-refractivity contribution < 1.29 is 13.9 Å². The van der Waals surface area contributed by atoms with Gasteiger partial charge in [-0.1, -0.05) is 30.3 Å². The molecule has 3 fully saturated rings. The molecule has 1 amide bonds. The number of carbonyl (C=O) groups is 1. The second-order valence-electron chi connectivity index (χ2n) is 13.6. The number of likely N-dealkylation sites (N-methyl/N-ethyl adjacent to an activating group) is 1. The van der Waals surface area contributed by atoms with Crippen LogP contribution in [-0.2, 0) is 28.0 Å². The lowest BCUT2D eigenvalue weighted by molar-refractivity contribution is -0.128. The second kappa shape index (κ2) is 12.7. The molecule has 3 aromatic rings. The van der Waals surface area contributed by atoms with Gasteiger partial charge in [0.25, 0.3) is 0 Å². The van der Waals surface area contributed by atoms with E-state index in [1.54, 1.807) is 4.90 Å². The Balaban J connectivity index is 1.34. The Hall–Kier alpha value is -4.27. The summed E-state index contributed by atoms with van der Waals surface area (Å²) in [6.45, 7) is 6.48. The SMILES string of the molecule is Cc1cccc2cccc(N3Cc4c(c(N5CCN(C(=O)/C=C/CF)[C@@H](CC#N)C5)nc(=O)n4C[C@@H]4CCCN4C)C4(COC4)C3)c12. The van der Waals surface area contributed by atoms with Gasteiger partial charge in [-0.3, -0.25) is 9.36 Å². The van der Waals surface area contributed by atoms with Crippen molar-refractivity contribution >= 4 is 28.2 Å². The van der Waals surface area contributed by atoms with Gasteiger partial charge >= 0.3 is 5.69 Å². The number of anilines is 2. The highest BCUT2D eigenvalue weighted by Crippen LogP contribution is 2.46. The highest BCUT2D eigenvalue weighted by molar-refractivity contribution is 5.97. The van der Waals surface area contributed by atoms with Crippen LogP contribution in [0.25, 0.3) is 10.8 Å². The average molecular weight is 640 g/mol. The molecule has 4 aliphatic heterocycles. The Kier molecular flexibility index (Phi) is 8.49. The quantitative estimate of drug-likeness (QED) is 0.363. The average Bonchev–Trinajstić information content (AvgIpc) is 3.47. The number of hydrogen-bond donors (Lipinski definition) is 0. The van der Waals surface area contributed by atoms with Crippen LogP contribution in [0.1, 0.15) is 36.1 Å². The number of hydrogen-bond acceptors (Lipinski definition) is 8. The van der Waals surface area contributed by atoms with Crippen molar-refractivity contribution in [1.29, 1.82) is 5.26 Å². The van der Waals surface area contributed by atoms with Crippen molar-refractivity contribution in [2.75, 3.05) is 69.5 Å². The Morgan fingerprint density at radius 3 is 2.66 bits per heavy atom. The van der Waals surface area contributed by atoms with Gasteiger partial charge in [0.15, 0.2) is 0 Å². The highest BCUT2D eigenvalue weighted by Gasteiger charge is 2.51. The first kappa shape index (κ1) is 31.3. The number of allylic oxidation sites excluding steroid dienone is 1. The van der Waals surface area contributed by atoms with E-state index in [0.717, 1.165) is 42.9 Å². The van der Waals surface area contributed by atoms with Crippen LogP contribution in [-0.4, -0.2) is 97.0 Å². The molecule has 7 rings (SSSR count). The Morgan fingerprint density at radius 1 is 1.15 bits per heavy atom. The number of likely N-dealkylation sites (tertiary alicyclic amines) is 1. The van der Waals surface area contributed by atoms with E-state index >= 15 is 0 Å². The number of piperazine rings is 1. The Labute approximate surface area is 274 Å². The topological polar surface area (TPSA) is 97.9 Å². The molecule has 10 nitrogen and oxygen atoms in total. The minimum atomic E-state index is -0.725. The molecule has 2 atom stereocenters. The first-order valence-electron chi connectivity index (χ1n) is 16.6. The van der Waals surface area contributed by atoms with Gasteiger partial charge in [0.05, 0.1) is 43.7 Å². The van der Waals surface area contributed by atoms with Crippen LogP contribution in [0.5, 0.6) is 0 Å². The lowest BCUT2D eigenvalue weighted by atomic mass is 9.74. The van der Waals surface area contributed by atoms with Gasteiger partial charge in [0.2, 0.25) is 5.91 Å². The number of nitriles is 1. The molecule has 11 heteroatoms. The van der Waals surface area contributed by atoms with E-state index in [0.29, 0.717) is 51.8 Å². The summed E-state index contributed by atoms with van der Waals surface area (Å²) in [5, 5.41) is 12.1. The molecule has 47 heavy (non-hydrogen) atoms. The predicted molar refractivity (Wildman–Crippen MR) is 179 cm³/mol. The number of aromatic nitrogens is 2. The minimum Gasteiger partial charge on any atom is -0.379 e. The zero-order chi connectivity index (χ0) is 32.7. The van der Waals surface area contributed by atoms with E-state index in [9.17, 15) is 19.2 Å². The third-order valence-electron chi connectivity index (χ3n) is 10.6. The molecule has 2 aromatic carbocycles. The van der Waals surface area contributed by atoms with Crippen molar-refractivity contribution in [2.24, 2.45) is 0 Å². The van der Waals surface area contributed by atoms with Crippen molar-refractivity contribution in [1.82, 2.24) is 19.4 Å². The number of carbonyl (C=O) groups excluding carboxylic acids is 1. The molecular weight excluding hydrogens is 597 g/mol. The molecule has 3 saturated heterocycles. The molecule has 4 aliphatic rings. The summed E-state index contributed by atoms with van der Waals surface area (Å²) in [6, 6.07) is 14.9. The largest absolute Gasteiger partial charge is 0.379 e. The molecule has 0 bridgehead atoms. The van der Waals surface area contributed by atoms with Crippen LogP contribution in [0.15, 0.2) is 53.3 Å². The van der Waals surface area contributed by atoms with E-state index in [-0.39, 0.29) is 29.5 Å². The number of nitrogens with zero attached hydrogens (tertiary/aromatic N) is 7. The summed E-state index contributed by atoms with van der Waals surface area (Å²) >= 11 is 0. The van der Waals surface area contributed by atoms with Crippen LogP contribution >= 0.6 is 0 Å². The summed E-state index contributed by atoms with van der Waals surface area (Å²) in [4.78, 5) is 40.4. The van der Waals surface area contributed by atoms with Crippen LogP contribution < -0.4 is 15.5 Å². The summed E-state index contributed by atoms with van der Waals surface area (Å²) in [7, 11) is 2.13. The minimum absolute atomic E-state index is 0.126. The molecular formula is C36H42FN7O3. The predicted octanol–water partition coefficient (Wildman–Crippen LogP) is 3.54. The van der Waals surface area contributed by atoms with Crippen molar-refractivity contribution in [2.45, 2.75) is 56.8 Å². The Bertz CT molecular complexity index is 1810. The molecule has 0 unspecified atom stereocenters. The van der Waals surface area contributed by atoms with Gasteiger partial charge in [-0.05, 0) is 56.4 Å². The number of alkyl halides is 1. The number of benzene rings is 2. The van der Waals surface area contributed by atoms with Gasteiger partial charge < -0.3 is 24.3 Å². The maximum absolute atomic E-state index is 14.2. The van der Waals surface area contributed by atoms with Crippen LogP contribution in [0.4, 0.5) is 15.9 Å². The van der Waals surface area contributed by atoms with E-state index in [1.807, 2.05) is 4.57 Å². The van der Waals surface area contributed by atoms with Gasteiger partial charge in [-0.15, -0.1) is 0 Å². The maximum atomic E-state index is 14.2. The number of ether oxygens (including phenoxy) is 1. The zero-order valence-corrected chi connectivity index (χ0v) is 27.2. The number of aryl methyl sites for hydroxylation is 1. The molecule has 0 saturated carbocycles. The second-order valence-corrected chi connectivity index (χ2v) is 13.6. The van der Waals surface area contributed by atoms with E-state index in [4.69, 9.17) is 9.72 Å². The van der Waals surface area contributed by atoms with Crippen LogP contribution in [0.2, 0.25) is 0 Å². The number of halogens is 1. The van der Waals surface area contributed by atoms with Gasteiger partial charge in [0, 0.05) is 67.2 Å². The van der Waals surface area contributed by atoms with E-state index in [2.05, 4.69) is 71.1 Å². The normalized spacial score (nSPS) is 22.6. The van der Waals surface area contributed by atoms with Gasteiger partial charge in [-0.25, -0.2) is 9.18 Å². The number of fused-ring (bicyclic) bond motifs is 3. The Morgan fingerprint density at radius 2 is 1.96 bits per heavy atom. The molecule has 246 valence electrons. The van der Waals surface area contributed by atoms with Gasteiger partial charge in [0.1, 0.15) is 12.5 Å². The summed E-state index contributed by atoms with van der Waals surface area (Å²) < 4.78 is 20.7. The zero-order valence-electron chi connectivity index (χ0n) is 27.2. The summed E-state index contributed by atoms with van der Waals surface area (Å²) in [6.07, 6.45) is 4.70. The lowest BCUT2D eigenvalue weighted by Crippen LogP contribution is -2.61. The molecule has 1 aromatic heterocycles. The molecule has 1 spiro atoms. The molecule has 0 aliphatic carbocycles. The maximum Gasteiger partial charge on any atom is 0.349 e. The fourth-order valence-corrected chi connectivity index (χ4v) is 8.20. The van der Waals surface area contributed by atoms with Crippen molar-refractivity contribution in [3.05, 3.63) is 75.9 Å². The third-order valence-corrected chi connectivity index (χ3v) is 10.6. The first-order chi connectivity index (χ1) is 22.8. The van der Waals surface area contributed by atoms with E-state index < -0.39 is 12.7 Å². The van der Waals surface area contributed by atoms with Gasteiger partial charge in [-0.2, -0.15) is 10.2 Å². The summed E-state index contributed by atoms with van der Waals surface area (Å²) in [5.41, 5.74) is 3.74. The molecule has 0 N–H and O–H groups in total. The number of rotatable bonds is 7. The van der Waals surface area contributed by atoms with E-state index in [1.165, 1.54) is 28.5 Å². The van der Waals surface area contributed by atoms with Crippen molar-refractivity contribution in [3.8, 4) is 6.07 Å². The third kappa shape index (κ3) is 5.57. The van der Waals surface area contributed by atoms with Crippen LogP contribution in [0, 0.1) is 18.3 Å². The molecule has 5 heterocycles. The fourth-order valence-electron chi connectivity index (χ4n) is 8.20. The summed E-state index contributed by atoms with van der Waals surface area (Å²) in [5.74, 6) is 0.339. The van der Waals surface area contributed by atoms with Crippen molar-refractivity contribution in [3.63, 3.8) is 0 Å². The first-order valence-corrected chi connectivity index (χ1v) is 16.6.